The summed E-state index contributed by atoms with van der Waals surface area (Å²) < 4.78 is -0.908. The van der Waals surface area contributed by atoms with Crippen LogP contribution in [0.25, 0.3) is 0 Å². The van der Waals surface area contributed by atoms with Crippen LogP contribution in [0.2, 0.25) is 0 Å². The molecule has 2 aromatic carbocycles. The van der Waals surface area contributed by atoms with Crippen LogP contribution in [0.4, 0.5) is 0 Å². The van der Waals surface area contributed by atoms with E-state index in [1.54, 1.807) is 11.0 Å². The van der Waals surface area contributed by atoms with E-state index in [-0.39, 0.29) is 35.0 Å². The van der Waals surface area contributed by atoms with Crippen LogP contribution in [0.1, 0.15) is 23.6 Å². The molecule has 9 heteroatoms. The molecule has 5 rings (SSSR count). The van der Waals surface area contributed by atoms with E-state index in [0.717, 1.165) is 5.56 Å². The zero-order chi connectivity index (χ0) is 26.3. The highest BCUT2D eigenvalue weighted by Gasteiger charge is 2.76. The Morgan fingerprint density at radius 2 is 1.84 bits per heavy atom. The summed E-state index contributed by atoms with van der Waals surface area (Å²) in [5.74, 6) is -3.41. The van der Waals surface area contributed by atoms with Crippen LogP contribution in [0.5, 0.6) is 0 Å². The first-order chi connectivity index (χ1) is 17.8. The van der Waals surface area contributed by atoms with Gasteiger partial charge in [-0.05, 0) is 17.5 Å². The van der Waals surface area contributed by atoms with Gasteiger partial charge in [0, 0.05) is 23.2 Å². The molecule has 0 radical (unpaired) electrons. The number of fused-ring (bicyclic) bond motifs is 1. The third kappa shape index (κ3) is 4.21. The van der Waals surface area contributed by atoms with E-state index in [0.29, 0.717) is 18.5 Å². The Morgan fingerprint density at radius 1 is 1.19 bits per heavy atom. The molecule has 1 spiro atoms. The average molecular weight is 586 g/mol. The zero-order valence-electron chi connectivity index (χ0n) is 20.2. The molecule has 3 saturated heterocycles. The highest BCUT2D eigenvalue weighted by atomic mass is 79.9. The molecule has 3 aliphatic rings. The number of alkyl halides is 1. The Kier molecular flexibility index (Phi) is 7.22. The van der Waals surface area contributed by atoms with Gasteiger partial charge in [-0.1, -0.05) is 82.7 Å². The molecule has 3 unspecified atom stereocenters. The average Bonchev–Trinajstić information content (AvgIpc) is 3.49. The Hall–Kier alpha value is -2.62. The predicted molar refractivity (Wildman–Crippen MR) is 145 cm³/mol. The van der Waals surface area contributed by atoms with Crippen molar-refractivity contribution < 1.29 is 24.6 Å². The molecule has 3 fully saturated rings. The molecule has 2 amide bonds. The fraction of sp³-hybridized carbons (Fsp3) is 0.393. The van der Waals surface area contributed by atoms with E-state index in [1.807, 2.05) is 60.7 Å². The maximum atomic E-state index is 14.5. The van der Waals surface area contributed by atoms with Crippen LogP contribution in [0.15, 0.2) is 73.3 Å². The molecule has 3 aliphatic heterocycles. The summed E-state index contributed by atoms with van der Waals surface area (Å²) in [7, 11) is 0. The Balaban J connectivity index is 1.62. The quantitative estimate of drug-likeness (QED) is 0.346. The molecule has 194 valence electrons. The van der Waals surface area contributed by atoms with Crippen LogP contribution in [0, 0.1) is 11.8 Å². The highest BCUT2D eigenvalue weighted by Crippen LogP contribution is 2.68. The largest absolute Gasteiger partial charge is 0.481 e. The summed E-state index contributed by atoms with van der Waals surface area (Å²) in [4.78, 5) is 44.1. The highest BCUT2D eigenvalue weighted by molar-refractivity contribution is 9.09. The number of carbonyl (C=O) groups excluding carboxylic acids is 2. The Labute approximate surface area is 228 Å². The predicted octanol–water partition coefficient (Wildman–Crippen LogP) is 3.48. The van der Waals surface area contributed by atoms with Crippen molar-refractivity contribution in [2.75, 3.05) is 13.2 Å². The molecule has 0 aromatic heterocycles. The first kappa shape index (κ1) is 26.0. The molecule has 3 heterocycles. The van der Waals surface area contributed by atoms with Crippen molar-refractivity contribution in [1.29, 1.82) is 0 Å². The number of halogens is 1. The third-order valence-electron chi connectivity index (χ3n) is 7.82. The fourth-order valence-electron chi connectivity index (χ4n) is 6.36. The smallest absolute Gasteiger partial charge is 0.308 e. The maximum Gasteiger partial charge on any atom is 0.308 e. The van der Waals surface area contributed by atoms with Gasteiger partial charge in [0.15, 0.2) is 0 Å². The van der Waals surface area contributed by atoms with Crippen LogP contribution in [-0.4, -0.2) is 71.8 Å². The molecule has 2 N–H and O–H groups in total. The van der Waals surface area contributed by atoms with Crippen molar-refractivity contribution in [2.24, 2.45) is 11.8 Å². The van der Waals surface area contributed by atoms with Gasteiger partial charge in [-0.3, -0.25) is 14.4 Å². The van der Waals surface area contributed by atoms with Gasteiger partial charge in [-0.2, -0.15) is 0 Å². The van der Waals surface area contributed by atoms with E-state index in [1.165, 1.54) is 16.7 Å². The standard InChI is InChI=1S/C28H29BrN2O5S/c1-2-13-30(15-17-9-5-3-6-10-17)26(34)24-28-14-19(29)23(37-28)21(27(35)36)22(28)25(33)31(24)20(16-32)18-11-7-4-8-12-18/h2-12,19-24,32H,1,13-16H2,(H,35,36)/t19?,20-,21+,22+,23+,24?,28?/m1/s1. The Morgan fingerprint density at radius 3 is 2.43 bits per heavy atom. The van der Waals surface area contributed by atoms with Crippen molar-refractivity contribution in [3.8, 4) is 0 Å². The number of aliphatic hydroxyl groups excluding tert-OH is 1. The number of hydrogen-bond donors (Lipinski definition) is 2. The number of nitrogens with zero attached hydrogens (tertiary/aromatic N) is 2. The number of likely N-dealkylation sites (tertiary alicyclic amines) is 1. The number of hydrogen-bond acceptors (Lipinski definition) is 5. The summed E-state index contributed by atoms with van der Waals surface area (Å²) >= 11 is 5.13. The number of carboxylic acids is 1. The fourth-order valence-corrected chi connectivity index (χ4v) is 9.95. The van der Waals surface area contributed by atoms with Crippen LogP contribution in [-0.2, 0) is 20.9 Å². The van der Waals surface area contributed by atoms with E-state index in [2.05, 4.69) is 22.5 Å². The summed E-state index contributed by atoms with van der Waals surface area (Å²) in [5, 5.41) is 20.4. The molecular formula is C28H29BrN2O5S. The zero-order valence-corrected chi connectivity index (χ0v) is 22.6. The van der Waals surface area contributed by atoms with Gasteiger partial charge in [-0.25, -0.2) is 0 Å². The number of carboxylic acid groups (broad SMARTS) is 1. The summed E-state index contributed by atoms with van der Waals surface area (Å²) in [6.45, 7) is 4.06. The summed E-state index contributed by atoms with van der Waals surface area (Å²) in [5.41, 5.74) is 1.64. The lowest BCUT2D eigenvalue weighted by molar-refractivity contribution is -0.150. The molecule has 37 heavy (non-hydrogen) atoms. The second-order valence-electron chi connectivity index (χ2n) is 9.85. The van der Waals surface area contributed by atoms with Crippen LogP contribution in [0.3, 0.4) is 0 Å². The lowest BCUT2D eigenvalue weighted by atomic mass is 9.71. The normalized spacial score (nSPS) is 30.7. The second-order valence-corrected chi connectivity index (χ2v) is 12.6. The van der Waals surface area contributed by atoms with E-state index in [9.17, 15) is 24.6 Å². The lowest BCUT2D eigenvalue weighted by Crippen LogP contribution is -2.56. The monoisotopic (exact) mass is 584 g/mol. The van der Waals surface area contributed by atoms with Crippen LogP contribution < -0.4 is 0 Å². The number of amides is 2. The molecular weight excluding hydrogens is 556 g/mol. The van der Waals surface area contributed by atoms with Gasteiger partial charge in [0.1, 0.15) is 6.04 Å². The van der Waals surface area contributed by atoms with E-state index < -0.39 is 34.6 Å². The molecule has 7 nitrogen and oxygen atoms in total. The Bertz CT molecular complexity index is 1200. The number of carbonyl (C=O) groups is 3. The van der Waals surface area contributed by atoms with Gasteiger partial charge in [0.05, 0.1) is 29.2 Å². The minimum Gasteiger partial charge on any atom is -0.481 e. The summed E-state index contributed by atoms with van der Waals surface area (Å²) in [6.07, 6.45) is 2.15. The van der Waals surface area contributed by atoms with Gasteiger partial charge >= 0.3 is 5.97 Å². The second kappa shape index (κ2) is 10.3. The number of rotatable bonds is 9. The molecule has 0 saturated carbocycles. The first-order valence-electron chi connectivity index (χ1n) is 12.3. The molecule has 2 aromatic rings. The maximum absolute atomic E-state index is 14.5. The van der Waals surface area contributed by atoms with Gasteiger partial charge in [-0.15, -0.1) is 18.3 Å². The molecule has 0 aliphatic carbocycles. The lowest BCUT2D eigenvalue weighted by Gasteiger charge is -2.40. The SMILES string of the molecule is C=CCN(Cc1ccccc1)C(=O)C1N([C@H](CO)c2ccccc2)C(=O)[C@@H]2[C@H](C(=O)O)[C@H]3SC12CC3Br. The number of benzene rings is 2. The number of aliphatic hydroxyl groups is 1. The topological polar surface area (TPSA) is 98.2 Å². The van der Waals surface area contributed by atoms with Gasteiger partial charge in [0.25, 0.3) is 0 Å². The van der Waals surface area contributed by atoms with Gasteiger partial charge in [0.2, 0.25) is 11.8 Å². The van der Waals surface area contributed by atoms with Crippen LogP contribution >= 0.6 is 27.7 Å². The third-order valence-corrected chi connectivity index (χ3v) is 11.0. The minimum atomic E-state index is -1.03. The van der Waals surface area contributed by atoms with Crippen molar-refractivity contribution >= 4 is 45.5 Å². The summed E-state index contributed by atoms with van der Waals surface area (Å²) in [6, 6.07) is 17.0. The number of thioether (sulfide) groups is 1. The minimum absolute atomic E-state index is 0.135. The molecule has 7 atom stereocenters. The van der Waals surface area contributed by atoms with E-state index >= 15 is 0 Å². The van der Waals surface area contributed by atoms with Crippen molar-refractivity contribution in [2.45, 2.75) is 39.9 Å². The van der Waals surface area contributed by atoms with Crippen molar-refractivity contribution in [3.05, 3.63) is 84.4 Å². The van der Waals surface area contributed by atoms with Crippen molar-refractivity contribution in [3.63, 3.8) is 0 Å². The van der Waals surface area contributed by atoms with E-state index in [4.69, 9.17) is 0 Å². The number of aliphatic carboxylic acids is 1. The van der Waals surface area contributed by atoms with Gasteiger partial charge < -0.3 is 20.0 Å². The first-order valence-corrected chi connectivity index (χ1v) is 14.1. The van der Waals surface area contributed by atoms with Crippen molar-refractivity contribution in [1.82, 2.24) is 9.80 Å². The molecule has 2 bridgehead atoms.